The van der Waals surface area contributed by atoms with E-state index in [0.717, 1.165) is 11.4 Å². The molecule has 0 fully saturated rings. The Morgan fingerprint density at radius 3 is 2.35 bits per heavy atom. The number of benzene rings is 3. The topological polar surface area (TPSA) is 69.0 Å². The highest BCUT2D eigenvalue weighted by Crippen LogP contribution is 2.31. The number of rotatable bonds is 9. The van der Waals surface area contributed by atoms with Crippen LogP contribution in [0.15, 0.2) is 78.0 Å². The molecule has 2 atom stereocenters. The van der Waals surface area contributed by atoms with Gasteiger partial charge < -0.3 is 10.1 Å². The van der Waals surface area contributed by atoms with Crippen LogP contribution < -0.4 is 10.1 Å². The highest BCUT2D eigenvalue weighted by molar-refractivity contribution is 8.00. The third-order valence-corrected chi connectivity index (χ3v) is 7.07. The van der Waals surface area contributed by atoms with Gasteiger partial charge in [-0.25, -0.2) is 4.39 Å². The molecule has 9 heteroatoms. The quantitative estimate of drug-likeness (QED) is 0.224. The average Bonchev–Trinajstić information content (AvgIpc) is 3.30. The summed E-state index contributed by atoms with van der Waals surface area (Å²) >= 11 is 7.11. The predicted molar refractivity (Wildman–Crippen MR) is 146 cm³/mol. The second kappa shape index (κ2) is 11.8. The van der Waals surface area contributed by atoms with Crippen molar-refractivity contribution >= 4 is 35.0 Å². The van der Waals surface area contributed by atoms with Crippen molar-refractivity contribution in [1.82, 2.24) is 14.8 Å². The summed E-state index contributed by atoms with van der Waals surface area (Å²) in [4.78, 5) is 12.9. The number of anilines is 1. The van der Waals surface area contributed by atoms with E-state index in [1.165, 1.54) is 35.5 Å². The Balaban J connectivity index is 1.56. The summed E-state index contributed by atoms with van der Waals surface area (Å²) in [5.74, 6) is 0.967. The van der Waals surface area contributed by atoms with Crippen LogP contribution in [0.4, 0.5) is 10.1 Å². The molecule has 1 aromatic heterocycles. The Labute approximate surface area is 225 Å². The third-order valence-electron chi connectivity index (χ3n) is 5.73. The first-order valence-electron chi connectivity index (χ1n) is 11.9. The van der Waals surface area contributed by atoms with Crippen LogP contribution in [0, 0.1) is 5.82 Å². The van der Waals surface area contributed by atoms with Gasteiger partial charge in [-0.15, -0.1) is 10.2 Å². The zero-order valence-corrected chi connectivity index (χ0v) is 22.6. The molecular formula is C28H28ClFN4O2S. The second-order valence-electron chi connectivity index (χ2n) is 8.87. The lowest BCUT2D eigenvalue weighted by atomic mass is 10.0. The van der Waals surface area contributed by atoms with Crippen LogP contribution in [0.1, 0.15) is 51.1 Å². The van der Waals surface area contributed by atoms with Crippen molar-refractivity contribution in [3.8, 4) is 11.4 Å². The minimum Gasteiger partial charge on any atom is -0.483 e. The molecule has 1 amide bonds. The molecule has 0 aliphatic heterocycles. The molecular weight excluding hydrogens is 511 g/mol. The molecule has 4 aromatic rings. The van der Waals surface area contributed by atoms with E-state index >= 15 is 0 Å². The molecule has 0 saturated carbocycles. The van der Waals surface area contributed by atoms with Gasteiger partial charge in [-0.3, -0.25) is 9.36 Å². The molecule has 1 heterocycles. The summed E-state index contributed by atoms with van der Waals surface area (Å²) in [5, 5.41) is 11.6. The summed E-state index contributed by atoms with van der Waals surface area (Å²) < 4.78 is 21.6. The van der Waals surface area contributed by atoms with E-state index in [-0.39, 0.29) is 10.9 Å². The standard InChI is InChI=1S/C28H28ClFN4O2S/c1-17(2)20-10-13-23(14-11-20)36-18(3)26-32-33-28(34(26)22-8-6-5-7-9-22)37-19(4)27(35)31-21-12-15-25(30)24(29)16-21/h5-19H,1-4H3,(H,31,35). The lowest BCUT2D eigenvalue weighted by Gasteiger charge is -2.18. The highest BCUT2D eigenvalue weighted by atomic mass is 35.5. The number of carbonyl (C=O) groups excluding carboxylic acids is 1. The van der Waals surface area contributed by atoms with Crippen LogP contribution in [0.2, 0.25) is 5.02 Å². The number of ether oxygens (including phenoxy) is 1. The van der Waals surface area contributed by atoms with Crippen molar-refractivity contribution in [2.75, 3.05) is 5.32 Å². The maximum Gasteiger partial charge on any atom is 0.237 e. The summed E-state index contributed by atoms with van der Waals surface area (Å²) in [6.07, 6.45) is -0.405. The van der Waals surface area contributed by atoms with Gasteiger partial charge in [0.05, 0.1) is 10.3 Å². The first-order valence-corrected chi connectivity index (χ1v) is 13.2. The number of amides is 1. The maximum absolute atomic E-state index is 13.5. The van der Waals surface area contributed by atoms with Crippen LogP contribution in [-0.2, 0) is 4.79 Å². The van der Waals surface area contributed by atoms with E-state index in [2.05, 4.69) is 41.5 Å². The molecule has 0 bridgehead atoms. The van der Waals surface area contributed by atoms with E-state index in [0.29, 0.717) is 22.6 Å². The summed E-state index contributed by atoms with van der Waals surface area (Å²) in [5.41, 5.74) is 2.51. The summed E-state index contributed by atoms with van der Waals surface area (Å²) in [6, 6.07) is 21.8. The number of aromatic nitrogens is 3. The average molecular weight is 539 g/mol. The normalized spacial score (nSPS) is 12.8. The van der Waals surface area contributed by atoms with E-state index in [1.807, 2.05) is 54.0 Å². The molecule has 0 spiro atoms. The molecule has 0 saturated heterocycles. The molecule has 2 unspecified atom stereocenters. The molecule has 0 aliphatic rings. The van der Waals surface area contributed by atoms with Gasteiger partial charge in [-0.1, -0.05) is 67.5 Å². The number of hydrogen-bond acceptors (Lipinski definition) is 5. The van der Waals surface area contributed by atoms with E-state index < -0.39 is 17.2 Å². The first kappa shape index (κ1) is 26.7. The summed E-state index contributed by atoms with van der Waals surface area (Å²) in [7, 11) is 0. The van der Waals surface area contributed by atoms with Crippen LogP contribution in [0.3, 0.4) is 0 Å². The van der Waals surface area contributed by atoms with Crippen LogP contribution in [-0.4, -0.2) is 25.9 Å². The number of halogens is 2. The lowest BCUT2D eigenvalue weighted by Crippen LogP contribution is -2.23. The van der Waals surface area contributed by atoms with Gasteiger partial charge in [0.15, 0.2) is 17.1 Å². The van der Waals surface area contributed by atoms with Crippen molar-refractivity contribution in [3.05, 3.63) is 95.0 Å². The second-order valence-corrected chi connectivity index (χ2v) is 10.6. The van der Waals surface area contributed by atoms with Crippen molar-refractivity contribution in [3.63, 3.8) is 0 Å². The molecule has 3 aromatic carbocycles. The highest BCUT2D eigenvalue weighted by Gasteiger charge is 2.24. The van der Waals surface area contributed by atoms with Gasteiger partial charge in [0, 0.05) is 11.4 Å². The van der Waals surface area contributed by atoms with Gasteiger partial charge in [-0.2, -0.15) is 0 Å². The third kappa shape index (κ3) is 6.50. The molecule has 6 nitrogen and oxygen atoms in total. The molecule has 0 aliphatic carbocycles. The minimum absolute atomic E-state index is 0.0561. The van der Waals surface area contributed by atoms with Gasteiger partial charge in [0.25, 0.3) is 0 Å². The van der Waals surface area contributed by atoms with E-state index in [4.69, 9.17) is 16.3 Å². The fraction of sp³-hybridized carbons (Fsp3) is 0.250. The van der Waals surface area contributed by atoms with E-state index in [1.54, 1.807) is 6.92 Å². The molecule has 37 heavy (non-hydrogen) atoms. The molecule has 1 N–H and O–H groups in total. The number of para-hydroxylation sites is 1. The summed E-state index contributed by atoms with van der Waals surface area (Å²) in [6.45, 7) is 7.99. The SMILES string of the molecule is CC(Sc1nnc(C(C)Oc2ccc(C(C)C)cc2)n1-c1ccccc1)C(=O)Nc1ccc(F)c(Cl)c1. The lowest BCUT2D eigenvalue weighted by molar-refractivity contribution is -0.115. The molecule has 192 valence electrons. The zero-order chi connectivity index (χ0) is 26.5. The molecule has 4 rings (SSSR count). The number of nitrogens with one attached hydrogen (secondary N) is 1. The van der Waals surface area contributed by atoms with Gasteiger partial charge in [0.2, 0.25) is 5.91 Å². The minimum atomic E-state index is -0.544. The fourth-order valence-corrected chi connectivity index (χ4v) is 4.71. The Hall–Kier alpha value is -3.36. The van der Waals surface area contributed by atoms with Gasteiger partial charge in [0.1, 0.15) is 11.6 Å². The van der Waals surface area contributed by atoms with Crippen molar-refractivity contribution in [1.29, 1.82) is 0 Å². The van der Waals surface area contributed by atoms with Gasteiger partial charge in [-0.05, 0) is 67.8 Å². The van der Waals surface area contributed by atoms with Crippen molar-refractivity contribution in [2.24, 2.45) is 0 Å². The van der Waals surface area contributed by atoms with Crippen molar-refractivity contribution < 1.29 is 13.9 Å². The Kier molecular flexibility index (Phi) is 8.51. The predicted octanol–water partition coefficient (Wildman–Crippen LogP) is 7.44. The molecule has 0 radical (unpaired) electrons. The zero-order valence-electron chi connectivity index (χ0n) is 21.0. The van der Waals surface area contributed by atoms with Crippen molar-refractivity contribution in [2.45, 2.75) is 50.1 Å². The maximum atomic E-state index is 13.5. The number of nitrogens with zero attached hydrogens (tertiary/aromatic N) is 3. The number of carbonyl (C=O) groups is 1. The Bertz CT molecular complexity index is 1360. The largest absolute Gasteiger partial charge is 0.483 e. The fourth-order valence-electron chi connectivity index (χ4n) is 3.66. The van der Waals surface area contributed by atoms with E-state index in [9.17, 15) is 9.18 Å². The Morgan fingerprint density at radius 1 is 1.00 bits per heavy atom. The monoisotopic (exact) mass is 538 g/mol. The van der Waals surface area contributed by atoms with Crippen LogP contribution in [0.5, 0.6) is 5.75 Å². The van der Waals surface area contributed by atoms with Crippen LogP contribution >= 0.6 is 23.4 Å². The van der Waals surface area contributed by atoms with Gasteiger partial charge >= 0.3 is 0 Å². The van der Waals surface area contributed by atoms with Crippen LogP contribution in [0.25, 0.3) is 5.69 Å². The number of hydrogen-bond donors (Lipinski definition) is 1. The smallest absolute Gasteiger partial charge is 0.237 e. The Morgan fingerprint density at radius 2 is 1.70 bits per heavy atom. The number of thioether (sulfide) groups is 1. The first-order chi connectivity index (χ1) is 17.7.